The van der Waals surface area contributed by atoms with E-state index in [0.29, 0.717) is 29.9 Å². The van der Waals surface area contributed by atoms with Crippen molar-refractivity contribution in [3.8, 4) is 5.88 Å². The monoisotopic (exact) mass is 424 g/mol. The van der Waals surface area contributed by atoms with Crippen LogP contribution in [0.2, 0.25) is 0 Å². The van der Waals surface area contributed by atoms with E-state index in [-0.39, 0.29) is 11.8 Å². The zero-order valence-corrected chi connectivity index (χ0v) is 17.6. The second-order valence-corrected chi connectivity index (χ2v) is 8.07. The molecule has 1 aliphatic rings. The van der Waals surface area contributed by atoms with Crippen LogP contribution in [0.15, 0.2) is 77.8 Å². The normalized spacial score (nSPS) is 14.4. The summed E-state index contributed by atoms with van der Waals surface area (Å²) in [6.07, 6.45) is 1.57. The minimum Gasteiger partial charge on any atom is -0.494 e. The van der Waals surface area contributed by atoms with Gasteiger partial charge in [-0.15, -0.1) is 0 Å². The van der Waals surface area contributed by atoms with Crippen molar-refractivity contribution in [1.82, 2.24) is 9.88 Å². The van der Waals surface area contributed by atoms with Gasteiger partial charge in [-0.3, -0.25) is 4.79 Å². The Morgan fingerprint density at radius 2 is 1.84 bits per heavy atom. The number of carbonyl (C=O) groups is 1. The average Bonchev–Trinajstić information content (AvgIpc) is 3.35. The van der Waals surface area contributed by atoms with Gasteiger partial charge in [0.25, 0.3) is 0 Å². The molecule has 0 atom stereocenters. The van der Waals surface area contributed by atoms with Gasteiger partial charge in [0.05, 0.1) is 17.0 Å². The molecule has 160 valence electrons. The quantitative estimate of drug-likeness (QED) is 0.319. The molecule has 4 N–H and O–H groups in total. The van der Waals surface area contributed by atoms with Crippen LogP contribution in [-0.2, 0) is 11.3 Å². The highest BCUT2D eigenvalue weighted by Crippen LogP contribution is 2.32. The van der Waals surface area contributed by atoms with Gasteiger partial charge in [0, 0.05) is 41.7 Å². The summed E-state index contributed by atoms with van der Waals surface area (Å²) in [6.45, 7) is 1.44. The SMILES string of the molecule is Nc1ccc2[nH]c(O)c(C(=Nc3ccc(CN4CCCC4=O)cc3)c3ccccc3)c2c1. The number of aromatic nitrogens is 1. The number of nitrogens with zero attached hydrogens (tertiary/aromatic N) is 2. The van der Waals surface area contributed by atoms with Crippen LogP contribution in [0.1, 0.15) is 29.5 Å². The highest BCUT2D eigenvalue weighted by molar-refractivity contribution is 6.22. The van der Waals surface area contributed by atoms with E-state index in [1.165, 1.54) is 0 Å². The van der Waals surface area contributed by atoms with Crippen LogP contribution < -0.4 is 5.73 Å². The van der Waals surface area contributed by atoms with E-state index in [1.54, 1.807) is 6.07 Å². The lowest BCUT2D eigenvalue weighted by molar-refractivity contribution is -0.128. The summed E-state index contributed by atoms with van der Waals surface area (Å²) in [5.41, 5.74) is 11.4. The highest BCUT2D eigenvalue weighted by atomic mass is 16.3. The zero-order valence-electron chi connectivity index (χ0n) is 17.6. The van der Waals surface area contributed by atoms with Crippen LogP contribution in [0.4, 0.5) is 11.4 Å². The Hall–Kier alpha value is -4.06. The molecule has 1 fully saturated rings. The van der Waals surface area contributed by atoms with Gasteiger partial charge < -0.3 is 20.7 Å². The number of rotatable bonds is 5. The minimum absolute atomic E-state index is 0.0531. The standard InChI is InChI=1S/C26H24N4O2/c27-19-10-13-22-21(15-19)24(26(32)29-22)25(18-5-2-1-3-6-18)28-20-11-8-17(9-12-20)16-30-14-4-7-23(30)31/h1-3,5-6,8-13,15,29,32H,4,7,14,16,27H2. The first-order chi connectivity index (χ1) is 15.6. The van der Waals surface area contributed by atoms with Gasteiger partial charge in [0.2, 0.25) is 5.91 Å². The molecule has 1 saturated heterocycles. The van der Waals surface area contributed by atoms with Gasteiger partial charge in [-0.2, -0.15) is 0 Å². The number of aliphatic imine (C=N–C) groups is 1. The summed E-state index contributed by atoms with van der Waals surface area (Å²) in [6, 6.07) is 23.2. The number of hydrogen-bond donors (Lipinski definition) is 3. The lowest BCUT2D eigenvalue weighted by Crippen LogP contribution is -2.23. The molecular weight excluding hydrogens is 400 g/mol. The molecule has 0 aliphatic carbocycles. The second kappa shape index (κ2) is 8.23. The molecule has 5 rings (SSSR count). The van der Waals surface area contributed by atoms with E-state index in [0.717, 1.165) is 40.7 Å². The molecule has 6 heteroatoms. The summed E-state index contributed by atoms with van der Waals surface area (Å²) in [5.74, 6) is 0.268. The Kier molecular flexibility index (Phi) is 5.11. The molecule has 4 aromatic rings. The largest absolute Gasteiger partial charge is 0.494 e. The molecule has 1 aliphatic heterocycles. The van der Waals surface area contributed by atoms with Crippen molar-refractivity contribution in [2.45, 2.75) is 19.4 Å². The lowest BCUT2D eigenvalue weighted by Gasteiger charge is -2.15. The second-order valence-electron chi connectivity index (χ2n) is 8.07. The first-order valence-corrected chi connectivity index (χ1v) is 10.7. The summed E-state index contributed by atoms with van der Waals surface area (Å²) in [5, 5.41) is 11.6. The molecule has 2 heterocycles. The molecule has 6 nitrogen and oxygen atoms in total. The average molecular weight is 425 g/mol. The maximum Gasteiger partial charge on any atom is 0.222 e. The Morgan fingerprint density at radius 1 is 1.06 bits per heavy atom. The number of hydrogen-bond acceptors (Lipinski definition) is 4. The third-order valence-corrected chi connectivity index (χ3v) is 5.81. The minimum atomic E-state index is 0.0531. The van der Waals surface area contributed by atoms with E-state index < -0.39 is 0 Å². The van der Waals surface area contributed by atoms with Crippen molar-refractivity contribution in [2.75, 3.05) is 12.3 Å². The molecule has 1 aromatic heterocycles. The van der Waals surface area contributed by atoms with Crippen LogP contribution in [0.25, 0.3) is 10.9 Å². The molecule has 3 aromatic carbocycles. The Labute approximate surface area is 186 Å². The molecule has 0 unspecified atom stereocenters. The summed E-state index contributed by atoms with van der Waals surface area (Å²) in [4.78, 5) is 21.7. The molecular formula is C26H24N4O2. The predicted molar refractivity (Wildman–Crippen MR) is 127 cm³/mol. The first-order valence-electron chi connectivity index (χ1n) is 10.7. The number of fused-ring (bicyclic) bond motifs is 1. The lowest BCUT2D eigenvalue weighted by atomic mass is 10.0. The number of likely N-dealkylation sites (tertiary alicyclic amines) is 1. The summed E-state index contributed by atoms with van der Waals surface area (Å²) >= 11 is 0. The number of nitrogens with two attached hydrogens (primary N) is 1. The van der Waals surface area contributed by atoms with Crippen LogP contribution >= 0.6 is 0 Å². The number of aromatic amines is 1. The van der Waals surface area contributed by atoms with E-state index in [9.17, 15) is 9.90 Å². The maximum absolute atomic E-state index is 11.9. The van der Waals surface area contributed by atoms with Crippen molar-refractivity contribution in [3.05, 3.63) is 89.5 Å². The molecule has 0 bridgehead atoms. The molecule has 0 spiro atoms. The first kappa shape index (κ1) is 19.9. The smallest absolute Gasteiger partial charge is 0.222 e. The number of aromatic hydroxyl groups is 1. The van der Waals surface area contributed by atoms with Crippen molar-refractivity contribution in [3.63, 3.8) is 0 Å². The van der Waals surface area contributed by atoms with Crippen molar-refractivity contribution >= 4 is 33.9 Å². The number of amides is 1. The van der Waals surface area contributed by atoms with E-state index in [4.69, 9.17) is 10.7 Å². The number of nitrogens with one attached hydrogen (secondary N) is 1. The van der Waals surface area contributed by atoms with E-state index in [1.807, 2.05) is 71.6 Å². The maximum atomic E-state index is 11.9. The van der Waals surface area contributed by atoms with Gasteiger partial charge in [-0.25, -0.2) is 4.99 Å². The Balaban J connectivity index is 1.56. The number of carbonyl (C=O) groups excluding carboxylic acids is 1. The van der Waals surface area contributed by atoms with Gasteiger partial charge >= 0.3 is 0 Å². The van der Waals surface area contributed by atoms with E-state index in [2.05, 4.69) is 4.98 Å². The van der Waals surface area contributed by atoms with Gasteiger partial charge in [-0.1, -0.05) is 42.5 Å². The van der Waals surface area contributed by atoms with Gasteiger partial charge in [0.1, 0.15) is 0 Å². The van der Waals surface area contributed by atoms with Gasteiger partial charge in [-0.05, 0) is 42.3 Å². The number of anilines is 1. The fourth-order valence-electron chi connectivity index (χ4n) is 4.19. The highest BCUT2D eigenvalue weighted by Gasteiger charge is 2.20. The van der Waals surface area contributed by atoms with Crippen molar-refractivity contribution < 1.29 is 9.90 Å². The predicted octanol–water partition coefficient (Wildman–Crippen LogP) is 4.75. The Bertz CT molecular complexity index is 1310. The number of benzene rings is 3. The van der Waals surface area contributed by atoms with Crippen LogP contribution in [0.3, 0.4) is 0 Å². The van der Waals surface area contributed by atoms with Crippen LogP contribution in [0.5, 0.6) is 5.88 Å². The van der Waals surface area contributed by atoms with Gasteiger partial charge in [0.15, 0.2) is 5.88 Å². The third-order valence-electron chi connectivity index (χ3n) is 5.81. The fourth-order valence-corrected chi connectivity index (χ4v) is 4.19. The Morgan fingerprint density at radius 3 is 2.56 bits per heavy atom. The van der Waals surface area contributed by atoms with E-state index >= 15 is 0 Å². The molecule has 32 heavy (non-hydrogen) atoms. The third kappa shape index (κ3) is 3.83. The van der Waals surface area contributed by atoms with Crippen LogP contribution in [0, 0.1) is 0 Å². The van der Waals surface area contributed by atoms with Crippen molar-refractivity contribution in [1.29, 1.82) is 0 Å². The number of nitrogen functional groups attached to an aromatic ring is 1. The summed E-state index contributed by atoms with van der Waals surface area (Å²) in [7, 11) is 0. The zero-order chi connectivity index (χ0) is 22.1. The molecule has 1 amide bonds. The topological polar surface area (TPSA) is 94.7 Å². The molecule has 0 radical (unpaired) electrons. The molecule has 0 saturated carbocycles. The fraction of sp³-hybridized carbons (Fsp3) is 0.154. The van der Waals surface area contributed by atoms with Crippen molar-refractivity contribution in [2.24, 2.45) is 4.99 Å². The summed E-state index contributed by atoms with van der Waals surface area (Å²) < 4.78 is 0. The van der Waals surface area contributed by atoms with Crippen LogP contribution in [-0.4, -0.2) is 33.2 Å². The number of H-pyrrole nitrogens is 1.